The molecule has 0 fully saturated rings. The lowest BCUT2D eigenvalue weighted by Gasteiger charge is -2.19. The Morgan fingerprint density at radius 3 is 2.39 bits per heavy atom. The van der Waals surface area contributed by atoms with Gasteiger partial charge in [-0.2, -0.15) is 0 Å². The van der Waals surface area contributed by atoms with Crippen LogP contribution < -0.4 is 20.4 Å². The van der Waals surface area contributed by atoms with Crippen LogP contribution in [0.25, 0.3) is 33.2 Å². The number of amides is 1. The second-order valence-corrected chi connectivity index (χ2v) is 7.94. The number of carbonyl (C=O) groups excluding carboxylic acids is 1. The van der Waals surface area contributed by atoms with Crippen molar-refractivity contribution in [3.63, 3.8) is 0 Å². The Balaban J connectivity index is 2.19. The van der Waals surface area contributed by atoms with Gasteiger partial charge in [0, 0.05) is 28.5 Å². The standard InChI is InChI=1S/C26H22ClNO5/c1-14-7-5-6-8-17(14)22-19-13-16(27)9-11-20(19)33-26(30)23(22)18-10-12-21(31-3)24(25(18)32-4)28-15(2)29/h5-13H,1-4H3,(H,28,29). The molecule has 7 heteroatoms. The molecule has 3 aromatic carbocycles. The van der Waals surface area contributed by atoms with Gasteiger partial charge >= 0.3 is 5.63 Å². The molecule has 168 valence electrons. The quantitative estimate of drug-likeness (QED) is 0.364. The van der Waals surface area contributed by atoms with Crippen molar-refractivity contribution in [3.05, 3.63) is 75.6 Å². The number of aryl methyl sites for hydroxylation is 1. The number of rotatable bonds is 5. The molecule has 0 atom stereocenters. The lowest BCUT2D eigenvalue weighted by atomic mass is 9.90. The number of methoxy groups -OCH3 is 2. The molecule has 0 spiro atoms. The molecule has 0 unspecified atom stereocenters. The number of carbonyl (C=O) groups is 1. The van der Waals surface area contributed by atoms with E-state index in [1.165, 1.54) is 21.1 Å². The van der Waals surface area contributed by atoms with Gasteiger partial charge in [0.15, 0.2) is 5.75 Å². The summed E-state index contributed by atoms with van der Waals surface area (Å²) in [5.74, 6) is 0.379. The fraction of sp³-hybridized carbons (Fsp3) is 0.154. The molecule has 0 aliphatic heterocycles. The first-order chi connectivity index (χ1) is 15.8. The summed E-state index contributed by atoms with van der Waals surface area (Å²) in [6, 6.07) is 16.3. The number of ether oxygens (including phenoxy) is 2. The molecule has 0 aliphatic rings. The summed E-state index contributed by atoms with van der Waals surface area (Å²) < 4.78 is 16.8. The maximum absolute atomic E-state index is 13.4. The highest BCUT2D eigenvalue weighted by Gasteiger charge is 2.25. The third-order valence-corrected chi connectivity index (χ3v) is 5.63. The first-order valence-electron chi connectivity index (χ1n) is 10.2. The van der Waals surface area contributed by atoms with Crippen molar-refractivity contribution in [2.24, 2.45) is 0 Å². The highest BCUT2D eigenvalue weighted by atomic mass is 35.5. The molecule has 0 aliphatic carbocycles. The second-order valence-electron chi connectivity index (χ2n) is 7.50. The van der Waals surface area contributed by atoms with Crippen molar-refractivity contribution in [1.82, 2.24) is 0 Å². The third-order valence-electron chi connectivity index (χ3n) is 5.40. The van der Waals surface area contributed by atoms with Gasteiger partial charge in [-0.05, 0) is 48.4 Å². The Hall–Kier alpha value is -3.77. The Labute approximate surface area is 195 Å². The molecule has 1 aromatic heterocycles. The van der Waals surface area contributed by atoms with Gasteiger partial charge in [0.05, 0.1) is 19.8 Å². The van der Waals surface area contributed by atoms with Crippen LogP contribution >= 0.6 is 11.6 Å². The van der Waals surface area contributed by atoms with Crippen LogP contribution in [0.4, 0.5) is 5.69 Å². The largest absolute Gasteiger partial charge is 0.494 e. The predicted octanol–water partition coefficient (Wildman–Crippen LogP) is 6.06. The molecule has 0 saturated carbocycles. The lowest BCUT2D eigenvalue weighted by Crippen LogP contribution is -2.11. The lowest BCUT2D eigenvalue weighted by molar-refractivity contribution is -0.114. The van der Waals surface area contributed by atoms with Crippen LogP contribution in [0.15, 0.2) is 63.8 Å². The summed E-state index contributed by atoms with van der Waals surface area (Å²) in [4.78, 5) is 25.3. The van der Waals surface area contributed by atoms with E-state index >= 15 is 0 Å². The predicted molar refractivity (Wildman–Crippen MR) is 131 cm³/mol. The molecule has 0 saturated heterocycles. The zero-order valence-electron chi connectivity index (χ0n) is 18.6. The minimum absolute atomic E-state index is 0.285. The number of hydrogen-bond donors (Lipinski definition) is 1. The molecule has 0 bridgehead atoms. The van der Waals surface area contributed by atoms with Crippen LogP contribution in [0.5, 0.6) is 11.5 Å². The van der Waals surface area contributed by atoms with Gasteiger partial charge in [-0.1, -0.05) is 35.9 Å². The van der Waals surface area contributed by atoms with Crippen molar-refractivity contribution in [3.8, 4) is 33.8 Å². The zero-order chi connectivity index (χ0) is 23.7. The summed E-state index contributed by atoms with van der Waals surface area (Å²) in [7, 11) is 2.96. The van der Waals surface area contributed by atoms with E-state index < -0.39 is 5.63 Å². The number of fused-ring (bicyclic) bond motifs is 1. The maximum atomic E-state index is 13.4. The van der Waals surface area contributed by atoms with E-state index in [0.717, 1.165) is 11.1 Å². The fourth-order valence-corrected chi connectivity index (χ4v) is 4.16. The monoisotopic (exact) mass is 463 g/mol. The smallest absolute Gasteiger partial charge is 0.344 e. The molecule has 1 N–H and O–H groups in total. The zero-order valence-corrected chi connectivity index (χ0v) is 19.4. The highest BCUT2D eigenvalue weighted by molar-refractivity contribution is 6.31. The Bertz CT molecular complexity index is 1440. The molecule has 4 aromatic rings. The number of anilines is 1. The van der Waals surface area contributed by atoms with E-state index in [0.29, 0.717) is 44.1 Å². The molecular weight excluding hydrogens is 442 g/mol. The molecular formula is C26H22ClNO5. The van der Waals surface area contributed by atoms with E-state index in [-0.39, 0.29) is 11.7 Å². The number of hydrogen-bond acceptors (Lipinski definition) is 5. The van der Waals surface area contributed by atoms with Gasteiger partial charge in [-0.15, -0.1) is 0 Å². The maximum Gasteiger partial charge on any atom is 0.344 e. The van der Waals surface area contributed by atoms with Crippen molar-refractivity contribution >= 4 is 34.2 Å². The summed E-state index contributed by atoms with van der Waals surface area (Å²) in [6.07, 6.45) is 0. The van der Waals surface area contributed by atoms with Gasteiger partial charge in [0.1, 0.15) is 17.0 Å². The molecule has 33 heavy (non-hydrogen) atoms. The molecule has 6 nitrogen and oxygen atoms in total. The average Bonchev–Trinajstić information content (AvgIpc) is 2.78. The highest BCUT2D eigenvalue weighted by Crippen LogP contribution is 2.46. The minimum Gasteiger partial charge on any atom is -0.494 e. The first kappa shape index (κ1) is 22.4. The van der Waals surface area contributed by atoms with Crippen LogP contribution in [0.3, 0.4) is 0 Å². The van der Waals surface area contributed by atoms with Crippen LogP contribution in [0.2, 0.25) is 5.02 Å². The Morgan fingerprint density at radius 1 is 0.970 bits per heavy atom. The van der Waals surface area contributed by atoms with E-state index in [4.69, 9.17) is 25.5 Å². The second kappa shape index (κ2) is 9.00. The summed E-state index contributed by atoms with van der Waals surface area (Å²) in [5, 5.41) is 3.95. The van der Waals surface area contributed by atoms with Gasteiger partial charge in [0.2, 0.25) is 5.91 Å². The molecule has 1 amide bonds. The van der Waals surface area contributed by atoms with Crippen molar-refractivity contribution < 1.29 is 18.7 Å². The van der Waals surface area contributed by atoms with Gasteiger partial charge in [-0.3, -0.25) is 4.79 Å². The van der Waals surface area contributed by atoms with Crippen molar-refractivity contribution in [2.45, 2.75) is 13.8 Å². The minimum atomic E-state index is -0.541. The van der Waals surface area contributed by atoms with Crippen molar-refractivity contribution in [1.29, 1.82) is 0 Å². The number of nitrogens with one attached hydrogen (secondary N) is 1. The number of halogens is 1. The SMILES string of the molecule is COc1ccc(-c2c(-c3ccccc3C)c3cc(Cl)ccc3oc2=O)c(OC)c1NC(C)=O. The van der Waals surface area contributed by atoms with Crippen LogP contribution in [-0.4, -0.2) is 20.1 Å². The third kappa shape index (κ3) is 4.05. The molecule has 4 rings (SSSR count). The summed E-state index contributed by atoms with van der Waals surface area (Å²) in [6.45, 7) is 3.36. The Morgan fingerprint density at radius 2 is 1.73 bits per heavy atom. The van der Waals surface area contributed by atoms with E-state index in [2.05, 4.69) is 5.32 Å². The topological polar surface area (TPSA) is 77.8 Å². The van der Waals surface area contributed by atoms with Crippen LogP contribution in [0.1, 0.15) is 12.5 Å². The van der Waals surface area contributed by atoms with E-state index in [1.807, 2.05) is 31.2 Å². The Kier molecular flexibility index (Phi) is 6.11. The molecule has 0 radical (unpaired) electrons. The van der Waals surface area contributed by atoms with Crippen molar-refractivity contribution in [2.75, 3.05) is 19.5 Å². The van der Waals surface area contributed by atoms with Crippen LogP contribution in [0, 0.1) is 6.92 Å². The fourth-order valence-electron chi connectivity index (χ4n) is 3.99. The first-order valence-corrected chi connectivity index (χ1v) is 10.6. The van der Waals surface area contributed by atoms with Gasteiger partial charge in [0.25, 0.3) is 0 Å². The normalized spacial score (nSPS) is 10.8. The summed E-state index contributed by atoms with van der Waals surface area (Å²) >= 11 is 6.33. The van der Waals surface area contributed by atoms with E-state index in [1.54, 1.807) is 30.3 Å². The van der Waals surface area contributed by atoms with Crippen LogP contribution in [-0.2, 0) is 4.79 Å². The average molecular weight is 464 g/mol. The van der Waals surface area contributed by atoms with Gasteiger partial charge in [-0.25, -0.2) is 4.79 Å². The summed E-state index contributed by atoms with van der Waals surface area (Å²) in [5.41, 5.74) is 3.44. The van der Waals surface area contributed by atoms with E-state index in [9.17, 15) is 9.59 Å². The van der Waals surface area contributed by atoms with Gasteiger partial charge < -0.3 is 19.2 Å². The number of benzene rings is 3. The molecule has 1 heterocycles.